The molecular formula is C12H18N4O. The molecule has 0 atom stereocenters. The minimum absolute atomic E-state index is 0.188. The zero-order valence-electron chi connectivity index (χ0n) is 10.1. The second-order valence-electron chi connectivity index (χ2n) is 4.76. The van der Waals surface area contributed by atoms with Crippen LogP contribution in [0.3, 0.4) is 0 Å². The van der Waals surface area contributed by atoms with Gasteiger partial charge in [0, 0.05) is 6.54 Å². The van der Waals surface area contributed by atoms with Crippen molar-refractivity contribution in [1.29, 1.82) is 0 Å². The van der Waals surface area contributed by atoms with Gasteiger partial charge in [-0.1, -0.05) is 13.3 Å². The highest BCUT2D eigenvalue weighted by Crippen LogP contribution is 2.48. The van der Waals surface area contributed by atoms with E-state index < -0.39 is 0 Å². The number of carbonyl (C=O) groups excluding carboxylic acids is 1. The SMILES string of the molecule is CCCC1(CNC(=O)c2cncc(N)n2)CC1. The van der Waals surface area contributed by atoms with Crippen LogP contribution in [0.1, 0.15) is 43.1 Å². The van der Waals surface area contributed by atoms with Gasteiger partial charge in [-0.25, -0.2) is 4.98 Å². The molecular weight excluding hydrogens is 216 g/mol. The van der Waals surface area contributed by atoms with E-state index in [1.807, 2.05) is 0 Å². The first-order valence-corrected chi connectivity index (χ1v) is 6.01. The molecule has 17 heavy (non-hydrogen) atoms. The maximum atomic E-state index is 11.8. The van der Waals surface area contributed by atoms with Crippen LogP contribution in [0.5, 0.6) is 0 Å². The van der Waals surface area contributed by atoms with Gasteiger partial charge in [0.15, 0.2) is 0 Å². The summed E-state index contributed by atoms with van der Waals surface area (Å²) in [5.41, 5.74) is 6.12. The highest BCUT2D eigenvalue weighted by atomic mass is 16.1. The van der Waals surface area contributed by atoms with E-state index in [1.165, 1.54) is 31.7 Å². The molecule has 1 heterocycles. The van der Waals surface area contributed by atoms with Crippen molar-refractivity contribution in [1.82, 2.24) is 15.3 Å². The smallest absolute Gasteiger partial charge is 0.271 e. The lowest BCUT2D eigenvalue weighted by atomic mass is 10.0. The summed E-state index contributed by atoms with van der Waals surface area (Å²) in [6.07, 6.45) is 7.62. The Morgan fingerprint density at radius 2 is 2.29 bits per heavy atom. The minimum atomic E-state index is -0.188. The Morgan fingerprint density at radius 1 is 1.53 bits per heavy atom. The Hall–Kier alpha value is -1.65. The van der Waals surface area contributed by atoms with Crippen LogP contribution in [0.15, 0.2) is 12.4 Å². The summed E-state index contributed by atoms with van der Waals surface area (Å²) >= 11 is 0. The van der Waals surface area contributed by atoms with E-state index in [9.17, 15) is 4.79 Å². The molecule has 1 saturated carbocycles. The number of anilines is 1. The van der Waals surface area contributed by atoms with Crippen LogP contribution < -0.4 is 11.1 Å². The van der Waals surface area contributed by atoms with Gasteiger partial charge >= 0.3 is 0 Å². The maximum Gasteiger partial charge on any atom is 0.271 e. The molecule has 3 N–H and O–H groups in total. The van der Waals surface area contributed by atoms with E-state index in [0.29, 0.717) is 5.41 Å². The van der Waals surface area contributed by atoms with Crippen molar-refractivity contribution in [2.24, 2.45) is 5.41 Å². The van der Waals surface area contributed by atoms with Gasteiger partial charge in [0.1, 0.15) is 11.5 Å². The van der Waals surface area contributed by atoms with Crippen LogP contribution in [0, 0.1) is 5.41 Å². The van der Waals surface area contributed by atoms with Crippen LogP contribution in [-0.2, 0) is 0 Å². The number of amides is 1. The van der Waals surface area contributed by atoms with Crippen molar-refractivity contribution in [3.05, 3.63) is 18.1 Å². The number of carbonyl (C=O) groups is 1. The third-order valence-corrected chi connectivity index (χ3v) is 3.25. The number of nitrogen functional groups attached to an aromatic ring is 1. The van der Waals surface area contributed by atoms with Gasteiger partial charge in [-0.15, -0.1) is 0 Å². The monoisotopic (exact) mass is 234 g/mol. The van der Waals surface area contributed by atoms with Gasteiger partial charge in [0.2, 0.25) is 0 Å². The molecule has 1 aromatic rings. The van der Waals surface area contributed by atoms with Crippen molar-refractivity contribution in [2.45, 2.75) is 32.6 Å². The first-order valence-electron chi connectivity index (χ1n) is 6.01. The van der Waals surface area contributed by atoms with E-state index in [2.05, 4.69) is 22.2 Å². The summed E-state index contributed by atoms with van der Waals surface area (Å²) < 4.78 is 0. The second kappa shape index (κ2) is 4.69. The lowest BCUT2D eigenvalue weighted by Gasteiger charge is -2.14. The molecule has 2 rings (SSSR count). The van der Waals surface area contributed by atoms with Gasteiger partial charge in [-0.3, -0.25) is 9.78 Å². The number of hydrogen-bond donors (Lipinski definition) is 2. The maximum absolute atomic E-state index is 11.8. The van der Waals surface area contributed by atoms with Crippen molar-refractivity contribution < 1.29 is 4.79 Å². The molecule has 0 radical (unpaired) electrons. The lowest BCUT2D eigenvalue weighted by molar-refractivity contribution is 0.0938. The number of nitrogens with one attached hydrogen (secondary N) is 1. The van der Waals surface area contributed by atoms with E-state index in [0.717, 1.165) is 13.0 Å². The molecule has 92 valence electrons. The molecule has 0 unspecified atom stereocenters. The van der Waals surface area contributed by atoms with Gasteiger partial charge in [0.25, 0.3) is 5.91 Å². The summed E-state index contributed by atoms with van der Waals surface area (Å²) in [7, 11) is 0. The standard InChI is InChI=1S/C12H18N4O/c1-2-3-12(4-5-12)8-15-11(17)9-6-14-7-10(13)16-9/h6-7H,2-5,8H2,1H3,(H2,13,16)(H,15,17). The van der Waals surface area contributed by atoms with Gasteiger partial charge in [-0.05, 0) is 24.7 Å². The van der Waals surface area contributed by atoms with E-state index in [4.69, 9.17) is 5.73 Å². The fraction of sp³-hybridized carbons (Fsp3) is 0.583. The molecule has 1 fully saturated rings. The van der Waals surface area contributed by atoms with Crippen LogP contribution in [0.2, 0.25) is 0 Å². The van der Waals surface area contributed by atoms with Crippen molar-refractivity contribution in [3.8, 4) is 0 Å². The molecule has 1 aliphatic rings. The summed E-state index contributed by atoms with van der Waals surface area (Å²) in [5, 5.41) is 2.92. The topological polar surface area (TPSA) is 80.9 Å². The third-order valence-electron chi connectivity index (χ3n) is 3.25. The number of nitrogens with two attached hydrogens (primary N) is 1. The number of aromatic nitrogens is 2. The van der Waals surface area contributed by atoms with Crippen LogP contribution in [0.4, 0.5) is 5.82 Å². The molecule has 1 aliphatic carbocycles. The van der Waals surface area contributed by atoms with Gasteiger partial charge < -0.3 is 11.1 Å². The molecule has 5 nitrogen and oxygen atoms in total. The first kappa shape index (κ1) is 11.8. The highest BCUT2D eigenvalue weighted by Gasteiger charge is 2.41. The second-order valence-corrected chi connectivity index (χ2v) is 4.76. The molecule has 1 aromatic heterocycles. The van der Waals surface area contributed by atoms with Crippen LogP contribution in [-0.4, -0.2) is 22.4 Å². The molecule has 1 amide bonds. The predicted octanol–water partition coefficient (Wildman–Crippen LogP) is 1.37. The first-order chi connectivity index (χ1) is 8.15. The Labute approximate surface area is 101 Å². The van der Waals surface area contributed by atoms with Crippen LogP contribution in [0.25, 0.3) is 0 Å². The summed E-state index contributed by atoms with van der Waals surface area (Å²) in [4.78, 5) is 19.6. The number of nitrogens with zero attached hydrogens (tertiary/aromatic N) is 2. The minimum Gasteiger partial charge on any atom is -0.382 e. The number of rotatable bonds is 5. The Bertz CT molecular complexity index is 415. The summed E-state index contributed by atoms with van der Waals surface area (Å²) in [6, 6.07) is 0. The van der Waals surface area contributed by atoms with Gasteiger partial charge in [-0.2, -0.15) is 0 Å². The largest absolute Gasteiger partial charge is 0.382 e. The normalized spacial score (nSPS) is 16.5. The Morgan fingerprint density at radius 3 is 2.88 bits per heavy atom. The average Bonchev–Trinajstić information content (AvgIpc) is 3.07. The number of hydrogen-bond acceptors (Lipinski definition) is 4. The summed E-state index contributed by atoms with van der Waals surface area (Å²) in [6.45, 7) is 2.90. The molecule has 0 aromatic carbocycles. The highest BCUT2D eigenvalue weighted by molar-refractivity contribution is 5.92. The molecule has 0 saturated heterocycles. The fourth-order valence-electron chi connectivity index (χ4n) is 2.07. The predicted molar refractivity (Wildman–Crippen MR) is 65.4 cm³/mol. The zero-order valence-corrected chi connectivity index (χ0v) is 10.1. The molecule has 0 bridgehead atoms. The Balaban J connectivity index is 1.90. The Kier molecular flexibility index (Phi) is 3.26. The quantitative estimate of drug-likeness (QED) is 0.806. The van der Waals surface area contributed by atoms with E-state index >= 15 is 0 Å². The molecule has 0 spiro atoms. The third kappa shape index (κ3) is 2.93. The van der Waals surface area contributed by atoms with E-state index in [-0.39, 0.29) is 17.4 Å². The fourth-order valence-corrected chi connectivity index (χ4v) is 2.07. The van der Waals surface area contributed by atoms with Gasteiger partial charge in [0.05, 0.1) is 12.4 Å². The molecule has 5 heteroatoms. The van der Waals surface area contributed by atoms with Crippen molar-refractivity contribution >= 4 is 11.7 Å². The van der Waals surface area contributed by atoms with Crippen LogP contribution >= 0.6 is 0 Å². The lowest BCUT2D eigenvalue weighted by Crippen LogP contribution is -2.31. The zero-order chi connectivity index (χ0) is 12.3. The van der Waals surface area contributed by atoms with Crippen molar-refractivity contribution in [3.63, 3.8) is 0 Å². The average molecular weight is 234 g/mol. The molecule has 0 aliphatic heterocycles. The van der Waals surface area contributed by atoms with Crippen molar-refractivity contribution in [2.75, 3.05) is 12.3 Å². The summed E-state index contributed by atoms with van der Waals surface area (Å²) in [5.74, 6) is 0.0829. The van der Waals surface area contributed by atoms with E-state index in [1.54, 1.807) is 0 Å².